The number of para-hydroxylation sites is 1. The Morgan fingerprint density at radius 3 is 2.31 bits per heavy atom. The van der Waals surface area contributed by atoms with E-state index >= 15 is 0 Å². The molecule has 0 amide bonds. The molecule has 0 fully saturated rings. The number of aromatic hydroxyl groups is 1. The number of aliphatic carboxylic acids is 1. The number of likely N-dealkylation sites (N-methyl/N-ethyl adjacent to an activating group) is 1. The second-order valence-electron chi connectivity index (χ2n) is 10.1. The van der Waals surface area contributed by atoms with Crippen LogP contribution in [0.15, 0.2) is 59.5 Å². The first kappa shape index (κ1) is 30.3. The molecular weight excluding hydrogens is 519 g/mol. The van der Waals surface area contributed by atoms with Gasteiger partial charge in [-0.3, -0.25) is 4.79 Å². The van der Waals surface area contributed by atoms with Crippen molar-refractivity contribution in [1.82, 2.24) is 9.21 Å². The maximum Gasteiger partial charge on any atom is 0.304 e. The van der Waals surface area contributed by atoms with Gasteiger partial charge in [-0.2, -0.15) is 4.31 Å². The molecule has 2 N–H and O–H groups in total. The number of carboxylic acid groups (broad SMARTS) is 1. The molecule has 0 bridgehead atoms. The number of hydrogen-bond acceptors (Lipinski definition) is 5. The maximum atomic E-state index is 14.8. The van der Waals surface area contributed by atoms with Crippen LogP contribution in [-0.4, -0.2) is 61.0 Å². The lowest BCUT2D eigenvalue weighted by Gasteiger charge is -2.24. The molecule has 0 aliphatic carbocycles. The van der Waals surface area contributed by atoms with Crippen molar-refractivity contribution in [3.8, 4) is 5.75 Å². The molecule has 0 heterocycles. The number of carboxylic acids is 1. The van der Waals surface area contributed by atoms with Crippen molar-refractivity contribution in [3.05, 3.63) is 93.8 Å². The molecule has 0 saturated carbocycles. The quantitative estimate of drug-likeness (QED) is 0.323. The highest BCUT2D eigenvalue weighted by molar-refractivity contribution is 7.89. The van der Waals surface area contributed by atoms with Gasteiger partial charge in [-0.25, -0.2) is 12.8 Å². The van der Waals surface area contributed by atoms with Crippen molar-refractivity contribution in [2.75, 3.05) is 27.2 Å². The predicted molar refractivity (Wildman–Crippen MR) is 150 cm³/mol. The van der Waals surface area contributed by atoms with Crippen molar-refractivity contribution in [2.24, 2.45) is 0 Å². The van der Waals surface area contributed by atoms with E-state index in [2.05, 4.69) is 0 Å². The minimum Gasteiger partial charge on any atom is -0.507 e. The van der Waals surface area contributed by atoms with E-state index in [0.29, 0.717) is 29.7 Å². The summed E-state index contributed by atoms with van der Waals surface area (Å²) in [4.78, 5) is 13.7. The van der Waals surface area contributed by atoms with Crippen LogP contribution in [0.1, 0.15) is 52.6 Å². The summed E-state index contributed by atoms with van der Waals surface area (Å²) in [5, 5.41) is 20.0. The lowest BCUT2D eigenvalue weighted by molar-refractivity contribution is -0.137. The molecular formula is C30H37FN2O5S. The van der Waals surface area contributed by atoms with Gasteiger partial charge in [-0.1, -0.05) is 43.3 Å². The molecule has 0 aliphatic rings. The molecule has 1 unspecified atom stereocenters. The smallest absolute Gasteiger partial charge is 0.304 e. The number of rotatable bonds is 12. The van der Waals surface area contributed by atoms with Crippen molar-refractivity contribution in [3.63, 3.8) is 0 Å². The van der Waals surface area contributed by atoms with Gasteiger partial charge < -0.3 is 15.1 Å². The van der Waals surface area contributed by atoms with E-state index in [-0.39, 0.29) is 36.0 Å². The fourth-order valence-corrected chi connectivity index (χ4v) is 6.19. The Morgan fingerprint density at radius 1 is 1.00 bits per heavy atom. The average Bonchev–Trinajstić information content (AvgIpc) is 2.86. The van der Waals surface area contributed by atoms with Gasteiger partial charge in [0.1, 0.15) is 16.5 Å². The van der Waals surface area contributed by atoms with Crippen LogP contribution in [0.5, 0.6) is 5.75 Å². The van der Waals surface area contributed by atoms with Gasteiger partial charge >= 0.3 is 5.97 Å². The Hall–Kier alpha value is -3.27. The zero-order valence-corrected chi connectivity index (χ0v) is 23.9. The van der Waals surface area contributed by atoms with E-state index < -0.39 is 21.9 Å². The number of benzene rings is 3. The van der Waals surface area contributed by atoms with Crippen molar-refractivity contribution >= 4 is 16.0 Å². The molecule has 0 aromatic heterocycles. The third-order valence-electron chi connectivity index (χ3n) is 6.98. The van der Waals surface area contributed by atoms with Gasteiger partial charge in [0.15, 0.2) is 0 Å². The minimum absolute atomic E-state index is 0.0448. The van der Waals surface area contributed by atoms with Crippen LogP contribution in [0.3, 0.4) is 0 Å². The number of carbonyl (C=O) groups is 1. The van der Waals surface area contributed by atoms with Crippen LogP contribution >= 0.6 is 0 Å². The first-order valence-electron chi connectivity index (χ1n) is 12.9. The van der Waals surface area contributed by atoms with Gasteiger partial charge in [0.05, 0.1) is 6.42 Å². The third kappa shape index (κ3) is 7.23. The first-order chi connectivity index (χ1) is 18.3. The molecule has 210 valence electrons. The molecule has 0 radical (unpaired) electrons. The zero-order chi connectivity index (χ0) is 28.9. The highest BCUT2D eigenvalue weighted by atomic mass is 32.2. The summed E-state index contributed by atoms with van der Waals surface area (Å²) >= 11 is 0. The van der Waals surface area contributed by atoms with E-state index in [9.17, 15) is 27.8 Å². The van der Waals surface area contributed by atoms with Gasteiger partial charge in [-0.05, 0) is 85.9 Å². The molecule has 3 rings (SSSR count). The van der Waals surface area contributed by atoms with Crippen molar-refractivity contribution in [1.29, 1.82) is 0 Å². The van der Waals surface area contributed by atoms with Gasteiger partial charge in [0.25, 0.3) is 0 Å². The Labute approximate surface area is 230 Å². The Kier molecular flexibility index (Phi) is 9.88. The van der Waals surface area contributed by atoms with Gasteiger partial charge in [-0.15, -0.1) is 0 Å². The number of phenols is 1. The molecule has 0 aliphatic heterocycles. The molecule has 0 saturated heterocycles. The maximum absolute atomic E-state index is 14.8. The van der Waals surface area contributed by atoms with E-state index in [1.807, 2.05) is 44.1 Å². The van der Waals surface area contributed by atoms with Crippen LogP contribution in [0.25, 0.3) is 0 Å². The lowest BCUT2D eigenvalue weighted by atomic mass is 9.83. The highest BCUT2D eigenvalue weighted by Crippen LogP contribution is 2.34. The summed E-state index contributed by atoms with van der Waals surface area (Å²) in [6.45, 7) is 6.23. The van der Waals surface area contributed by atoms with E-state index in [1.165, 1.54) is 22.5 Å². The summed E-state index contributed by atoms with van der Waals surface area (Å²) < 4.78 is 42.8. The first-order valence-corrected chi connectivity index (χ1v) is 14.3. The molecule has 7 nitrogen and oxygen atoms in total. The molecule has 39 heavy (non-hydrogen) atoms. The number of halogens is 1. The molecule has 9 heteroatoms. The van der Waals surface area contributed by atoms with Crippen molar-refractivity contribution in [2.45, 2.75) is 51.0 Å². The number of aryl methyl sites for hydroxylation is 2. The van der Waals surface area contributed by atoms with Crippen LogP contribution in [0.4, 0.5) is 4.39 Å². The number of nitrogens with zero attached hydrogens (tertiary/aromatic N) is 2. The number of phenolic OH excluding ortho intramolecular Hbond substituents is 1. The largest absolute Gasteiger partial charge is 0.507 e. The molecule has 3 aromatic rings. The molecule has 1 atom stereocenters. The summed E-state index contributed by atoms with van der Waals surface area (Å²) in [6, 6.07) is 14.6. The minimum atomic E-state index is -3.99. The second kappa shape index (κ2) is 12.7. The normalized spacial score (nSPS) is 12.7. The Bertz CT molecular complexity index is 1440. The predicted octanol–water partition coefficient (Wildman–Crippen LogP) is 5.07. The van der Waals surface area contributed by atoms with Gasteiger partial charge in [0.2, 0.25) is 10.0 Å². The van der Waals surface area contributed by atoms with Crippen LogP contribution in [-0.2, 0) is 27.8 Å². The zero-order valence-electron chi connectivity index (χ0n) is 23.1. The van der Waals surface area contributed by atoms with E-state index in [0.717, 1.165) is 16.7 Å². The van der Waals surface area contributed by atoms with Gasteiger partial charge in [0, 0.05) is 25.6 Å². The lowest BCUT2D eigenvalue weighted by Crippen LogP contribution is -2.31. The molecule has 3 aromatic carbocycles. The van der Waals surface area contributed by atoms with Crippen molar-refractivity contribution < 1.29 is 27.8 Å². The summed E-state index contributed by atoms with van der Waals surface area (Å²) in [5.41, 5.74) is 4.20. The highest BCUT2D eigenvalue weighted by Gasteiger charge is 2.27. The second-order valence-corrected chi connectivity index (χ2v) is 12.0. The Balaban J connectivity index is 2.05. The van der Waals surface area contributed by atoms with E-state index in [4.69, 9.17) is 0 Å². The van der Waals surface area contributed by atoms with Crippen LogP contribution < -0.4 is 0 Å². The summed E-state index contributed by atoms with van der Waals surface area (Å²) in [7, 11) is -0.168. The Morgan fingerprint density at radius 2 is 1.69 bits per heavy atom. The number of sulfonamides is 1. The summed E-state index contributed by atoms with van der Waals surface area (Å²) in [5.74, 6) is -2.17. The van der Waals surface area contributed by atoms with Crippen LogP contribution in [0.2, 0.25) is 0 Å². The fourth-order valence-electron chi connectivity index (χ4n) is 4.68. The molecule has 0 spiro atoms. The fraction of sp³-hybridized carbons (Fsp3) is 0.367. The summed E-state index contributed by atoms with van der Waals surface area (Å²) in [6.07, 6.45) is 0.288. The van der Waals surface area contributed by atoms with E-state index in [1.54, 1.807) is 32.0 Å². The number of hydrogen-bond donors (Lipinski definition) is 2. The standard InChI is InChI=1S/C30H37FN2O5S/c1-6-33(39(37,38)29-10-8-7-9-28(29)34)19-24-16-22(12-11-20(24)2)26(18-30(35)36)25-17-23(13-14-32(4)5)27(31)15-21(25)3/h7-12,15-17,26,34H,6,13-14,18-19H2,1-5H3,(H,35,36). The van der Waals surface area contributed by atoms with Crippen LogP contribution in [0, 0.1) is 19.7 Å². The topological polar surface area (TPSA) is 98.2 Å². The average molecular weight is 557 g/mol. The third-order valence-corrected chi connectivity index (χ3v) is 8.94. The monoisotopic (exact) mass is 556 g/mol. The SMILES string of the molecule is CCN(Cc1cc(C(CC(=O)O)c2cc(CCN(C)C)c(F)cc2C)ccc1C)S(=O)(=O)c1ccccc1O.